The van der Waals surface area contributed by atoms with Crippen LogP contribution in [0.15, 0.2) is 85.1 Å². The van der Waals surface area contributed by atoms with Gasteiger partial charge in [0.05, 0.1) is 17.9 Å². The molecule has 0 radical (unpaired) electrons. The van der Waals surface area contributed by atoms with Crippen LogP contribution < -0.4 is 10.2 Å². The van der Waals surface area contributed by atoms with E-state index in [1.165, 1.54) is 0 Å². The van der Waals surface area contributed by atoms with E-state index in [0.717, 1.165) is 33.4 Å². The van der Waals surface area contributed by atoms with Crippen molar-refractivity contribution in [3.63, 3.8) is 0 Å². The first-order chi connectivity index (χ1) is 16.7. The van der Waals surface area contributed by atoms with Crippen molar-refractivity contribution in [2.75, 3.05) is 25.2 Å². The van der Waals surface area contributed by atoms with Gasteiger partial charge >= 0.3 is 0 Å². The van der Waals surface area contributed by atoms with Gasteiger partial charge in [-0.2, -0.15) is 0 Å². The fourth-order valence-corrected chi connectivity index (χ4v) is 4.39. The number of hydrogen-bond acceptors (Lipinski definition) is 3. The highest BCUT2D eigenvalue weighted by atomic mass is 16.5. The first-order valence-electron chi connectivity index (χ1n) is 11.2. The summed E-state index contributed by atoms with van der Waals surface area (Å²) in [6, 6.07) is 25.4. The molecule has 0 saturated carbocycles. The van der Waals surface area contributed by atoms with E-state index in [-0.39, 0.29) is 18.4 Å². The molecule has 3 aromatic carbocycles. The molecule has 170 valence electrons. The van der Waals surface area contributed by atoms with Crippen LogP contribution in [-0.4, -0.2) is 36.6 Å². The Labute approximate surface area is 198 Å². The fraction of sp³-hybridized carbons (Fsp3) is 0.143. The molecule has 0 fully saturated rings. The number of amides is 2. The van der Waals surface area contributed by atoms with Crippen LogP contribution in [0, 0.1) is 0 Å². The van der Waals surface area contributed by atoms with Gasteiger partial charge in [-0.3, -0.25) is 14.5 Å². The van der Waals surface area contributed by atoms with E-state index < -0.39 is 0 Å². The number of carbonyl (C=O) groups excluding carboxylic acids is 2. The van der Waals surface area contributed by atoms with E-state index in [4.69, 9.17) is 4.74 Å². The van der Waals surface area contributed by atoms with Gasteiger partial charge in [0.15, 0.2) is 0 Å². The predicted molar refractivity (Wildman–Crippen MR) is 135 cm³/mol. The zero-order valence-corrected chi connectivity index (χ0v) is 18.9. The molecule has 2 heterocycles. The summed E-state index contributed by atoms with van der Waals surface area (Å²) < 4.78 is 6.93. The Kier molecular flexibility index (Phi) is 5.97. The van der Waals surface area contributed by atoms with Gasteiger partial charge in [-0.1, -0.05) is 54.6 Å². The molecule has 0 unspecified atom stereocenters. The summed E-state index contributed by atoms with van der Waals surface area (Å²) in [5, 5.41) is 3.85. The minimum absolute atomic E-state index is 0.0680. The summed E-state index contributed by atoms with van der Waals surface area (Å²) in [6.07, 6.45) is 3.88. The summed E-state index contributed by atoms with van der Waals surface area (Å²) in [5.41, 5.74) is 5.06. The molecule has 5 rings (SSSR count). The minimum Gasteiger partial charge on any atom is -0.383 e. The van der Waals surface area contributed by atoms with Crippen molar-refractivity contribution < 1.29 is 14.3 Å². The Bertz CT molecular complexity index is 1390. The standard InChI is InChI=1S/C28H25N3O3/c1-34-16-15-29-27(32)19-30-18-20(22-11-5-7-13-25(22)30)17-24-23-12-6-8-14-26(23)31(28(24)33)21-9-3-2-4-10-21/h2-14,17-18H,15-16,19H2,1H3,(H,29,32)/b24-17+. The number of aromatic nitrogens is 1. The smallest absolute Gasteiger partial charge is 0.263 e. The van der Waals surface area contributed by atoms with Crippen LogP contribution in [-0.2, 0) is 20.9 Å². The second-order valence-corrected chi connectivity index (χ2v) is 8.12. The van der Waals surface area contributed by atoms with Gasteiger partial charge in [-0.15, -0.1) is 0 Å². The monoisotopic (exact) mass is 451 g/mol. The number of nitrogens with one attached hydrogen (secondary N) is 1. The van der Waals surface area contributed by atoms with Crippen molar-refractivity contribution in [3.05, 3.63) is 96.2 Å². The highest BCUT2D eigenvalue weighted by Gasteiger charge is 2.33. The zero-order valence-electron chi connectivity index (χ0n) is 18.9. The van der Waals surface area contributed by atoms with E-state index in [0.29, 0.717) is 18.7 Å². The number of rotatable bonds is 7. The lowest BCUT2D eigenvalue weighted by molar-refractivity contribution is -0.121. The molecule has 0 bridgehead atoms. The zero-order chi connectivity index (χ0) is 23.5. The van der Waals surface area contributed by atoms with Gasteiger partial charge < -0.3 is 14.6 Å². The highest BCUT2D eigenvalue weighted by molar-refractivity contribution is 6.38. The molecule has 34 heavy (non-hydrogen) atoms. The summed E-state index contributed by atoms with van der Waals surface area (Å²) in [7, 11) is 1.60. The van der Waals surface area contributed by atoms with Crippen LogP contribution >= 0.6 is 0 Å². The summed E-state index contributed by atoms with van der Waals surface area (Å²) >= 11 is 0. The van der Waals surface area contributed by atoms with E-state index >= 15 is 0 Å². The summed E-state index contributed by atoms with van der Waals surface area (Å²) in [4.78, 5) is 27.8. The lowest BCUT2D eigenvalue weighted by Gasteiger charge is -2.16. The van der Waals surface area contributed by atoms with Gasteiger partial charge in [0.25, 0.3) is 5.91 Å². The van der Waals surface area contributed by atoms with Crippen LogP contribution in [0.2, 0.25) is 0 Å². The average molecular weight is 452 g/mol. The van der Waals surface area contributed by atoms with Crippen LogP contribution in [0.1, 0.15) is 11.1 Å². The number of ether oxygens (including phenoxy) is 1. The van der Waals surface area contributed by atoms with Crippen molar-refractivity contribution >= 4 is 45.7 Å². The first kappa shape index (κ1) is 21.7. The summed E-state index contributed by atoms with van der Waals surface area (Å²) in [6.45, 7) is 1.12. The molecule has 6 heteroatoms. The Hall–Kier alpha value is -4.16. The van der Waals surface area contributed by atoms with Gasteiger partial charge in [-0.05, 0) is 30.3 Å². The van der Waals surface area contributed by atoms with Crippen LogP contribution in [0.3, 0.4) is 0 Å². The van der Waals surface area contributed by atoms with Gasteiger partial charge in [0.1, 0.15) is 6.54 Å². The SMILES string of the molecule is COCCNC(=O)Cn1cc(/C=C2/C(=O)N(c3ccccc3)c3ccccc32)c2ccccc21. The second kappa shape index (κ2) is 9.37. The van der Waals surface area contributed by atoms with Crippen LogP contribution in [0.25, 0.3) is 22.6 Å². The van der Waals surface area contributed by atoms with Crippen molar-refractivity contribution in [1.29, 1.82) is 0 Å². The number of hydrogen-bond donors (Lipinski definition) is 1. The third-order valence-electron chi connectivity index (χ3n) is 5.94. The van der Waals surface area contributed by atoms with Crippen LogP contribution in [0.4, 0.5) is 11.4 Å². The molecule has 4 aromatic rings. The number of benzene rings is 3. The Morgan fingerprint density at radius 3 is 2.53 bits per heavy atom. The molecule has 1 aromatic heterocycles. The third-order valence-corrected chi connectivity index (χ3v) is 5.94. The number of methoxy groups -OCH3 is 1. The maximum atomic E-state index is 13.6. The maximum absolute atomic E-state index is 13.6. The molecule has 0 spiro atoms. The van der Waals surface area contributed by atoms with Gasteiger partial charge in [0.2, 0.25) is 5.91 Å². The number of anilines is 2. The van der Waals surface area contributed by atoms with Crippen molar-refractivity contribution in [2.24, 2.45) is 0 Å². The Morgan fingerprint density at radius 2 is 1.71 bits per heavy atom. The number of nitrogens with zero attached hydrogens (tertiary/aromatic N) is 2. The fourth-order valence-electron chi connectivity index (χ4n) is 4.39. The normalized spacial score (nSPS) is 14.1. The number of para-hydroxylation sites is 3. The van der Waals surface area contributed by atoms with Gasteiger partial charge in [-0.25, -0.2) is 0 Å². The minimum atomic E-state index is -0.0884. The van der Waals surface area contributed by atoms with E-state index in [1.54, 1.807) is 12.0 Å². The van der Waals surface area contributed by atoms with Crippen molar-refractivity contribution in [1.82, 2.24) is 9.88 Å². The number of carbonyl (C=O) groups is 2. The maximum Gasteiger partial charge on any atom is 0.263 e. The lowest BCUT2D eigenvalue weighted by Crippen LogP contribution is -2.30. The van der Waals surface area contributed by atoms with Crippen molar-refractivity contribution in [2.45, 2.75) is 6.54 Å². The number of fused-ring (bicyclic) bond motifs is 2. The Morgan fingerprint density at radius 1 is 0.971 bits per heavy atom. The van der Waals surface area contributed by atoms with Gasteiger partial charge in [0, 0.05) is 47.6 Å². The molecule has 1 aliphatic rings. The van der Waals surface area contributed by atoms with Crippen molar-refractivity contribution in [3.8, 4) is 0 Å². The molecule has 0 aliphatic carbocycles. The second-order valence-electron chi connectivity index (χ2n) is 8.12. The summed E-state index contributed by atoms with van der Waals surface area (Å²) in [5.74, 6) is -0.156. The predicted octanol–water partition coefficient (Wildman–Crippen LogP) is 4.62. The van der Waals surface area contributed by atoms with E-state index in [1.807, 2.05) is 95.7 Å². The highest BCUT2D eigenvalue weighted by Crippen LogP contribution is 2.42. The first-order valence-corrected chi connectivity index (χ1v) is 11.2. The Balaban J connectivity index is 1.55. The molecule has 0 saturated heterocycles. The molecule has 6 nitrogen and oxygen atoms in total. The quantitative estimate of drug-likeness (QED) is 0.329. The molecular weight excluding hydrogens is 426 g/mol. The van der Waals surface area contributed by atoms with E-state index in [9.17, 15) is 9.59 Å². The van der Waals surface area contributed by atoms with E-state index in [2.05, 4.69) is 5.32 Å². The molecule has 0 atom stereocenters. The largest absolute Gasteiger partial charge is 0.383 e. The molecular formula is C28H25N3O3. The third kappa shape index (κ3) is 4.00. The average Bonchev–Trinajstić information content (AvgIpc) is 3.35. The molecule has 1 aliphatic heterocycles. The molecule has 1 N–H and O–H groups in total. The topological polar surface area (TPSA) is 63.6 Å². The molecule has 2 amide bonds. The lowest BCUT2D eigenvalue weighted by atomic mass is 10.0. The van der Waals surface area contributed by atoms with Crippen LogP contribution in [0.5, 0.6) is 0 Å².